The molecule has 0 rings (SSSR count). The maximum Gasteiger partial charge on any atom is 0.473 e. The Bertz CT molecular complexity index is 786. The topological polar surface area (TPSA) is 63.6 Å². The van der Waals surface area contributed by atoms with Crippen LogP contribution >= 0.6 is 0 Å². The molecule has 0 aromatic rings. The van der Waals surface area contributed by atoms with Crippen LogP contribution in [0.1, 0.15) is 25.7 Å². The van der Waals surface area contributed by atoms with Crippen molar-refractivity contribution < 1.29 is 94.1 Å². The quantitative estimate of drug-likeness (QED) is 0.176. The summed E-state index contributed by atoms with van der Waals surface area (Å²) in [5.74, 6) is -55.3. The minimum absolute atomic E-state index is 0.560. The fourth-order valence-electron chi connectivity index (χ4n) is 1.95. The zero-order valence-electron chi connectivity index (χ0n) is 15.9. The third-order valence-electron chi connectivity index (χ3n) is 3.96. The lowest BCUT2D eigenvalue weighted by Crippen LogP contribution is -2.74. The van der Waals surface area contributed by atoms with Crippen molar-refractivity contribution in [3.05, 3.63) is 0 Å². The number of carbonyl (C=O) groups excluding carboxylic acids is 1. The molecule has 0 bridgehead atoms. The molecule has 0 atom stereocenters. The number of unbranched alkanes of at least 4 members (excludes halogenated alkanes) is 1. The Morgan fingerprint density at radius 3 is 1.17 bits per heavy atom. The fourth-order valence-corrected chi connectivity index (χ4v) is 1.95. The Morgan fingerprint density at radius 1 is 0.514 bits per heavy atom. The second kappa shape index (κ2) is 9.32. The van der Waals surface area contributed by atoms with E-state index in [9.17, 15) is 84.2 Å². The first kappa shape index (κ1) is 32.8. The third kappa shape index (κ3) is 5.31. The van der Waals surface area contributed by atoms with Crippen molar-refractivity contribution in [1.82, 2.24) is 0 Å². The number of ether oxygens (including phenoxy) is 1. The Kier molecular flexibility index (Phi) is 8.72. The van der Waals surface area contributed by atoms with E-state index in [4.69, 9.17) is 5.11 Å². The standard InChI is InChI=1S/C14H9F17O4/c15-7(16,9(19,20)11(23,24)13(27,28)29)8(17,18)10(21,22)12(25,26)14(30,31)35-6(34)4-2-1-3-5(32)33/h1-4H2,(H,32,33). The minimum Gasteiger partial charge on any atom is -0.481 e. The van der Waals surface area contributed by atoms with Crippen LogP contribution in [-0.4, -0.2) is 64.9 Å². The highest BCUT2D eigenvalue weighted by atomic mass is 19.4. The van der Waals surface area contributed by atoms with Gasteiger partial charge in [0.1, 0.15) is 0 Å². The van der Waals surface area contributed by atoms with Crippen LogP contribution in [0.25, 0.3) is 0 Å². The monoisotopic (exact) mass is 564 g/mol. The molecule has 0 aliphatic rings. The van der Waals surface area contributed by atoms with Gasteiger partial charge in [-0.2, -0.15) is 74.6 Å². The predicted octanol–water partition coefficient (Wildman–Crippen LogP) is 6.14. The highest BCUT2D eigenvalue weighted by molar-refractivity contribution is 5.70. The number of halogens is 17. The van der Waals surface area contributed by atoms with Crippen LogP contribution in [0.4, 0.5) is 74.6 Å². The van der Waals surface area contributed by atoms with Gasteiger partial charge < -0.3 is 9.84 Å². The van der Waals surface area contributed by atoms with Crippen LogP contribution in [0.15, 0.2) is 0 Å². The lowest BCUT2D eigenvalue weighted by atomic mass is 9.90. The summed E-state index contributed by atoms with van der Waals surface area (Å²) in [6.45, 7) is 0. The number of carboxylic acids is 1. The molecule has 0 fully saturated rings. The number of rotatable bonds is 12. The molecule has 1 N–H and O–H groups in total. The molecule has 21 heteroatoms. The molecule has 208 valence electrons. The molecule has 4 nitrogen and oxygen atoms in total. The first-order chi connectivity index (χ1) is 15.1. The van der Waals surface area contributed by atoms with Gasteiger partial charge in [0.15, 0.2) is 0 Å². The molecule has 0 heterocycles. The first-order valence-electron chi connectivity index (χ1n) is 8.21. The average molecular weight is 564 g/mol. The summed E-state index contributed by atoms with van der Waals surface area (Å²) in [5, 5.41) is 8.24. The van der Waals surface area contributed by atoms with E-state index in [1.54, 1.807) is 0 Å². The Balaban J connectivity index is 6.21. The Labute approximate surface area is 181 Å². The van der Waals surface area contributed by atoms with Crippen LogP contribution in [0, 0.1) is 0 Å². The minimum atomic E-state index is -8.77. The maximum absolute atomic E-state index is 13.5. The van der Waals surface area contributed by atoms with Gasteiger partial charge >= 0.3 is 59.8 Å². The van der Waals surface area contributed by atoms with Gasteiger partial charge in [-0.25, -0.2) is 0 Å². The maximum atomic E-state index is 13.5. The van der Waals surface area contributed by atoms with Gasteiger partial charge in [0.05, 0.1) is 0 Å². The molecule has 0 aromatic carbocycles. The van der Waals surface area contributed by atoms with Crippen molar-refractivity contribution in [1.29, 1.82) is 0 Å². The van der Waals surface area contributed by atoms with E-state index in [2.05, 4.69) is 4.74 Å². The van der Waals surface area contributed by atoms with E-state index in [1.165, 1.54) is 0 Å². The molecule has 0 saturated carbocycles. The lowest BCUT2D eigenvalue weighted by molar-refractivity contribution is -0.474. The van der Waals surface area contributed by atoms with E-state index in [-0.39, 0.29) is 0 Å². The molecule has 0 aliphatic carbocycles. The van der Waals surface area contributed by atoms with Gasteiger partial charge in [-0.05, 0) is 12.8 Å². The lowest BCUT2D eigenvalue weighted by Gasteiger charge is -2.42. The number of carbonyl (C=O) groups is 2. The highest BCUT2D eigenvalue weighted by Crippen LogP contribution is 2.64. The number of hydrogen-bond acceptors (Lipinski definition) is 3. The molecule has 0 aliphatic heterocycles. The SMILES string of the molecule is O=C(O)CCCCC(=O)OC(F)(F)C(F)(F)C(F)(F)C(F)(F)C(F)(F)C(F)(F)C(F)(F)C(F)(F)F. The summed E-state index contributed by atoms with van der Waals surface area (Å²) in [6.07, 6.45) is -18.7. The van der Waals surface area contributed by atoms with Crippen molar-refractivity contribution in [2.24, 2.45) is 0 Å². The molecule has 0 saturated heterocycles. The zero-order chi connectivity index (χ0) is 28.7. The van der Waals surface area contributed by atoms with E-state index in [0.717, 1.165) is 0 Å². The summed E-state index contributed by atoms with van der Waals surface area (Å²) in [4.78, 5) is 21.2. The van der Waals surface area contributed by atoms with Gasteiger partial charge in [0.25, 0.3) is 0 Å². The van der Waals surface area contributed by atoms with E-state index < -0.39 is 85.4 Å². The van der Waals surface area contributed by atoms with Gasteiger partial charge in [-0.1, -0.05) is 0 Å². The summed E-state index contributed by atoms with van der Waals surface area (Å²) >= 11 is 0. The largest absolute Gasteiger partial charge is 0.481 e. The molecular weight excluding hydrogens is 555 g/mol. The smallest absolute Gasteiger partial charge is 0.473 e. The van der Waals surface area contributed by atoms with E-state index in [1.807, 2.05) is 0 Å². The van der Waals surface area contributed by atoms with Crippen LogP contribution in [-0.2, 0) is 14.3 Å². The molecule has 0 spiro atoms. The predicted molar refractivity (Wildman–Crippen MR) is 72.9 cm³/mol. The van der Waals surface area contributed by atoms with Crippen LogP contribution < -0.4 is 0 Å². The molecule has 0 aromatic heterocycles. The van der Waals surface area contributed by atoms with Gasteiger partial charge in [0, 0.05) is 12.8 Å². The number of hydrogen-bond donors (Lipinski definition) is 1. The number of alkyl halides is 17. The third-order valence-corrected chi connectivity index (χ3v) is 3.96. The molecule has 0 radical (unpaired) electrons. The molecule has 0 unspecified atom stereocenters. The van der Waals surface area contributed by atoms with Gasteiger partial charge in [0.2, 0.25) is 0 Å². The van der Waals surface area contributed by atoms with Crippen LogP contribution in [0.2, 0.25) is 0 Å². The highest BCUT2D eigenvalue weighted by Gasteiger charge is 2.95. The Hall–Kier alpha value is -2.25. The second-order valence-electron chi connectivity index (χ2n) is 6.54. The van der Waals surface area contributed by atoms with Crippen molar-refractivity contribution in [2.45, 2.75) is 73.5 Å². The number of carboxylic acid groups (broad SMARTS) is 1. The molecule has 0 amide bonds. The average Bonchev–Trinajstić information content (AvgIpc) is 2.62. The van der Waals surface area contributed by atoms with Crippen molar-refractivity contribution in [3.8, 4) is 0 Å². The van der Waals surface area contributed by atoms with Crippen LogP contribution in [0.5, 0.6) is 0 Å². The molecular formula is C14H9F17O4. The molecule has 35 heavy (non-hydrogen) atoms. The summed E-state index contributed by atoms with van der Waals surface area (Å²) in [5.41, 5.74) is 0. The Morgan fingerprint density at radius 2 is 0.829 bits per heavy atom. The van der Waals surface area contributed by atoms with E-state index >= 15 is 0 Å². The summed E-state index contributed by atoms with van der Waals surface area (Å²) in [6, 6.07) is 0. The zero-order valence-corrected chi connectivity index (χ0v) is 15.9. The van der Waals surface area contributed by atoms with Gasteiger partial charge in [-0.15, -0.1) is 0 Å². The number of esters is 1. The van der Waals surface area contributed by atoms with Crippen LogP contribution in [0.3, 0.4) is 0 Å². The van der Waals surface area contributed by atoms with Crippen molar-refractivity contribution in [3.63, 3.8) is 0 Å². The van der Waals surface area contributed by atoms with Gasteiger partial charge in [-0.3, -0.25) is 9.59 Å². The first-order valence-corrected chi connectivity index (χ1v) is 8.21. The summed E-state index contributed by atoms with van der Waals surface area (Å²) in [7, 11) is 0. The number of aliphatic carboxylic acids is 1. The normalized spacial score (nSPS) is 15.2. The van der Waals surface area contributed by atoms with Crippen molar-refractivity contribution >= 4 is 11.9 Å². The summed E-state index contributed by atoms with van der Waals surface area (Å²) < 4.78 is 223. The second-order valence-corrected chi connectivity index (χ2v) is 6.54. The van der Waals surface area contributed by atoms with E-state index in [0.29, 0.717) is 0 Å². The fraction of sp³-hybridized carbons (Fsp3) is 0.857. The van der Waals surface area contributed by atoms with Crippen molar-refractivity contribution in [2.75, 3.05) is 0 Å².